The van der Waals surface area contributed by atoms with Gasteiger partial charge in [0.1, 0.15) is 0 Å². The van der Waals surface area contributed by atoms with E-state index in [-0.39, 0.29) is 0 Å². The van der Waals surface area contributed by atoms with Crippen molar-refractivity contribution in [2.24, 2.45) is 0 Å². The molecule has 2 heteroatoms. The predicted molar refractivity (Wildman–Crippen MR) is 204 cm³/mol. The zero-order chi connectivity index (χ0) is 31.9. The minimum Gasteiger partial charge on any atom is -0.310 e. The smallest absolute Gasteiger partial charge is 0.0561 e. The summed E-state index contributed by atoms with van der Waals surface area (Å²) in [6.45, 7) is 0. The summed E-state index contributed by atoms with van der Waals surface area (Å²) in [5, 5.41) is 4.96. The fourth-order valence-corrected chi connectivity index (χ4v) is 7.01. The summed E-state index contributed by atoms with van der Waals surface area (Å²) in [6.07, 6.45) is 0. The first-order valence-corrected chi connectivity index (χ1v) is 16.4. The van der Waals surface area contributed by atoms with Gasteiger partial charge in [-0.2, -0.15) is 0 Å². The van der Waals surface area contributed by atoms with E-state index >= 15 is 0 Å². The predicted octanol–water partition coefficient (Wildman–Crippen LogP) is 12.7. The second-order valence-corrected chi connectivity index (χ2v) is 12.2. The summed E-state index contributed by atoms with van der Waals surface area (Å²) < 4.78 is 2.41. The molecule has 226 valence electrons. The minimum atomic E-state index is 1.10. The maximum Gasteiger partial charge on any atom is 0.0561 e. The van der Waals surface area contributed by atoms with Gasteiger partial charge in [0.05, 0.1) is 11.0 Å². The molecule has 0 saturated heterocycles. The first-order chi connectivity index (χ1) is 23.8. The quantitative estimate of drug-likeness (QED) is 0.181. The third-order valence-electron chi connectivity index (χ3n) is 9.37. The Kier molecular flexibility index (Phi) is 6.84. The van der Waals surface area contributed by atoms with Gasteiger partial charge in [-0.15, -0.1) is 0 Å². The highest BCUT2D eigenvalue weighted by Crippen LogP contribution is 2.41. The van der Waals surface area contributed by atoms with Crippen molar-refractivity contribution in [1.29, 1.82) is 0 Å². The van der Waals surface area contributed by atoms with Crippen molar-refractivity contribution < 1.29 is 0 Å². The number of fused-ring (bicyclic) bond motifs is 4. The van der Waals surface area contributed by atoms with Crippen molar-refractivity contribution in [2.45, 2.75) is 0 Å². The molecule has 1 heterocycles. The highest BCUT2D eigenvalue weighted by molar-refractivity contribution is 6.10. The molecule has 1 aromatic heterocycles. The largest absolute Gasteiger partial charge is 0.310 e. The third kappa shape index (κ3) is 4.92. The van der Waals surface area contributed by atoms with Crippen LogP contribution in [0.25, 0.3) is 60.5 Å². The van der Waals surface area contributed by atoms with Crippen molar-refractivity contribution in [1.82, 2.24) is 4.57 Å². The molecule has 0 bridgehead atoms. The van der Waals surface area contributed by atoms with Crippen molar-refractivity contribution in [3.8, 4) is 27.9 Å². The van der Waals surface area contributed by atoms with Gasteiger partial charge in [-0.3, -0.25) is 0 Å². The maximum absolute atomic E-state index is 2.41. The number of para-hydroxylation sites is 1. The van der Waals surface area contributed by atoms with E-state index in [2.05, 4.69) is 204 Å². The molecule has 0 aliphatic carbocycles. The molecular formula is C46H32N2. The molecule has 0 aliphatic heterocycles. The van der Waals surface area contributed by atoms with E-state index in [9.17, 15) is 0 Å². The first-order valence-electron chi connectivity index (χ1n) is 16.4. The summed E-state index contributed by atoms with van der Waals surface area (Å²) in [5.74, 6) is 0. The fourth-order valence-electron chi connectivity index (χ4n) is 7.01. The lowest BCUT2D eigenvalue weighted by Gasteiger charge is -2.26. The van der Waals surface area contributed by atoms with Crippen LogP contribution in [-0.4, -0.2) is 4.57 Å². The molecule has 2 nitrogen and oxygen atoms in total. The van der Waals surface area contributed by atoms with Gasteiger partial charge >= 0.3 is 0 Å². The van der Waals surface area contributed by atoms with Crippen molar-refractivity contribution >= 4 is 49.6 Å². The highest BCUT2D eigenvalue weighted by Gasteiger charge is 2.18. The van der Waals surface area contributed by atoms with Crippen LogP contribution in [0, 0.1) is 0 Å². The van der Waals surface area contributed by atoms with Crippen molar-refractivity contribution in [2.75, 3.05) is 4.90 Å². The highest BCUT2D eigenvalue weighted by atomic mass is 15.1. The minimum absolute atomic E-state index is 1.10. The van der Waals surface area contributed by atoms with Crippen LogP contribution in [0.15, 0.2) is 194 Å². The Bertz CT molecular complexity index is 2450. The standard InChI is InChI=1S/C46H32N2/c1-3-11-33(12-4-1)36-19-24-39(25-20-36)47(40-26-21-37(22-27-40)34-13-5-2-6-14-34)42-29-30-44-43-17-9-10-18-45(43)48(46(44)32-42)41-28-23-35-15-7-8-16-38(35)31-41/h1-32H. The number of nitrogens with zero attached hydrogens (tertiary/aromatic N) is 2. The number of hydrogen-bond donors (Lipinski definition) is 0. The average molecular weight is 613 g/mol. The molecular weight excluding hydrogens is 581 g/mol. The van der Waals surface area contributed by atoms with Gasteiger partial charge in [0, 0.05) is 33.5 Å². The van der Waals surface area contributed by atoms with Crippen LogP contribution in [0.5, 0.6) is 0 Å². The summed E-state index contributed by atoms with van der Waals surface area (Å²) in [6, 6.07) is 69.9. The maximum atomic E-state index is 2.41. The van der Waals surface area contributed by atoms with Crippen molar-refractivity contribution in [3.63, 3.8) is 0 Å². The lowest BCUT2D eigenvalue weighted by molar-refractivity contribution is 1.18. The van der Waals surface area contributed by atoms with Crippen LogP contribution in [-0.2, 0) is 0 Å². The Morgan fingerprint density at radius 3 is 1.46 bits per heavy atom. The monoisotopic (exact) mass is 612 g/mol. The van der Waals surface area contributed by atoms with Crippen LogP contribution in [0.1, 0.15) is 0 Å². The van der Waals surface area contributed by atoms with Gasteiger partial charge < -0.3 is 9.47 Å². The van der Waals surface area contributed by atoms with Gasteiger partial charge in [-0.05, 0) is 87.6 Å². The molecule has 0 spiro atoms. The summed E-state index contributed by atoms with van der Waals surface area (Å²) in [5.41, 5.74) is 11.7. The zero-order valence-corrected chi connectivity index (χ0v) is 26.4. The summed E-state index contributed by atoms with van der Waals surface area (Å²) in [7, 11) is 0. The molecule has 0 radical (unpaired) electrons. The molecule has 0 aliphatic rings. The van der Waals surface area contributed by atoms with E-state index in [1.807, 2.05) is 0 Å². The number of benzene rings is 8. The average Bonchev–Trinajstić information content (AvgIpc) is 3.50. The molecule has 0 saturated carbocycles. The second kappa shape index (κ2) is 11.8. The number of hydrogen-bond acceptors (Lipinski definition) is 1. The molecule has 0 N–H and O–H groups in total. The Morgan fingerprint density at radius 1 is 0.312 bits per heavy atom. The Morgan fingerprint density at radius 2 is 0.812 bits per heavy atom. The molecule has 9 rings (SSSR count). The molecule has 48 heavy (non-hydrogen) atoms. The van der Waals surface area contributed by atoms with Crippen LogP contribution in [0.2, 0.25) is 0 Å². The van der Waals surface area contributed by atoms with Gasteiger partial charge in [-0.1, -0.05) is 140 Å². The SMILES string of the molecule is c1ccc(-c2ccc(N(c3ccc(-c4ccccc4)cc3)c3ccc4c5ccccc5n(-c5ccc6ccccc6c5)c4c3)cc2)cc1. The topological polar surface area (TPSA) is 8.17 Å². The van der Waals surface area contributed by atoms with Crippen LogP contribution < -0.4 is 4.90 Å². The Balaban J connectivity index is 1.23. The lowest BCUT2D eigenvalue weighted by atomic mass is 10.0. The molecule has 0 amide bonds. The van der Waals surface area contributed by atoms with Crippen LogP contribution in [0.3, 0.4) is 0 Å². The number of aromatic nitrogens is 1. The van der Waals surface area contributed by atoms with E-state index in [0.29, 0.717) is 0 Å². The normalized spacial score (nSPS) is 11.3. The van der Waals surface area contributed by atoms with Gasteiger partial charge in [0.15, 0.2) is 0 Å². The molecule has 0 unspecified atom stereocenters. The number of anilines is 3. The first kappa shape index (κ1) is 27.9. The van der Waals surface area contributed by atoms with E-state index in [1.165, 1.54) is 54.8 Å². The molecule has 0 fully saturated rings. The second-order valence-electron chi connectivity index (χ2n) is 12.2. The summed E-state index contributed by atoms with van der Waals surface area (Å²) in [4.78, 5) is 2.37. The van der Waals surface area contributed by atoms with E-state index < -0.39 is 0 Å². The Hall–Kier alpha value is -6.38. The lowest BCUT2D eigenvalue weighted by Crippen LogP contribution is -2.10. The van der Waals surface area contributed by atoms with Crippen LogP contribution >= 0.6 is 0 Å². The number of rotatable bonds is 6. The molecule has 0 atom stereocenters. The van der Waals surface area contributed by atoms with Gasteiger partial charge in [0.2, 0.25) is 0 Å². The zero-order valence-electron chi connectivity index (χ0n) is 26.4. The van der Waals surface area contributed by atoms with Crippen LogP contribution in [0.4, 0.5) is 17.1 Å². The Labute approximate surface area is 280 Å². The van der Waals surface area contributed by atoms with E-state index in [0.717, 1.165) is 22.7 Å². The van der Waals surface area contributed by atoms with Gasteiger partial charge in [0.25, 0.3) is 0 Å². The van der Waals surface area contributed by atoms with Gasteiger partial charge in [-0.25, -0.2) is 0 Å². The van der Waals surface area contributed by atoms with E-state index in [1.54, 1.807) is 0 Å². The molecule has 9 aromatic rings. The molecule has 8 aromatic carbocycles. The third-order valence-corrected chi connectivity index (χ3v) is 9.37. The van der Waals surface area contributed by atoms with Crippen molar-refractivity contribution in [3.05, 3.63) is 194 Å². The summed E-state index contributed by atoms with van der Waals surface area (Å²) >= 11 is 0. The fraction of sp³-hybridized carbons (Fsp3) is 0. The van der Waals surface area contributed by atoms with E-state index in [4.69, 9.17) is 0 Å².